The van der Waals surface area contributed by atoms with Gasteiger partial charge < -0.3 is 14.7 Å². The minimum Gasteiger partial charge on any atom is -0.444 e. The standard InChI is InChI=1S/C17H22N2O6/c1-17(2,3)25-16(22)18-9-8-14(20)13(10-18)15(21)11-4-6-12(7-5-11)19(23)24/h4-7,13,15,21H,8-10H2,1-3H3/t13-,15+/m0/s1. The Hall–Kier alpha value is -2.48. The summed E-state index contributed by atoms with van der Waals surface area (Å²) in [5, 5.41) is 21.2. The number of amides is 1. The Balaban J connectivity index is 2.11. The number of ketones is 1. The lowest BCUT2D eigenvalue weighted by atomic mass is 9.87. The van der Waals surface area contributed by atoms with Gasteiger partial charge in [0.1, 0.15) is 11.4 Å². The number of benzene rings is 1. The number of nitro groups is 1. The van der Waals surface area contributed by atoms with Crippen molar-refractivity contribution in [3.63, 3.8) is 0 Å². The molecule has 0 bridgehead atoms. The summed E-state index contributed by atoms with van der Waals surface area (Å²) >= 11 is 0. The molecular weight excluding hydrogens is 328 g/mol. The van der Waals surface area contributed by atoms with Gasteiger partial charge in [-0.2, -0.15) is 0 Å². The number of hydrogen-bond acceptors (Lipinski definition) is 6. The van der Waals surface area contributed by atoms with E-state index in [0.29, 0.717) is 5.56 Å². The Kier molecular flexibility index (Phi) is 5.42. The highest BCUT2D eigenvalue weighted by molar-refractivity contribution is 5.84. The van der Waals surface area contributed by atoms with Crippen molar-refractivity contribution in [2.45, 2.75) is 38.9 Å². The van der Waals surface area contributed by atoms with E-state index in [9.17, 15) is 24.8 Å². The van der Waals surface area contributed by atoms with Gasteiger partial charge in [-0.15, -0.1) is 0 Å². The summed E-state index contributed by atoms with van der Waals surface area (Å²) in [7, 11) is 0. The van der Waals surface area contributed by atoms with E-state index in [1.165, 1.54) is 29.2 Å². The van der Waals surface area contributed by atoms with Gasteiger partial charge in [0.25, 0.3) is 5.69 Å². The highest BCUT2D eigenvalue weighted by atomic mass is 16.6. The number of nitrogens with zero attached hydrogens (tertiary/aromatic N) is 2. The van der Waals surface area contributed by atoms with E-state index in [4.69, 9.17) is 4.74 Å². The van der Waals surface area contributed by atoms with Crippen molar-refractivity contribution in [3.8, 4) is 0 Å². The molecule has 1 N–H and O–H groups in total. The Bertz CT molecular complexity index is 665. The predicted octanol–water partition coefficient (Wildman–Crippen LogP) is 2.45. The van der Waals surface area contributed by atoms with Crippen LogP contribution in [0.1, 0.15) is 38.9 Å². The van der Waals surface area contributed by atoms with Gasteiger partial charge >= 0.3 is 6.09 Å². The first-order chi connectivity index (χ1) is 11.6. The molecule has 1 aromatic rings. The molecule has 1 aromatic carbocycles. The van der Waals surface area contributed by atoms with E-state index in [1.807, 2.05) is 0 Å². The van der Waals surface area contributed by atoms with Crippen LogP contribution in [0.4, 0.5) is 10.5 Å². The first kappa shape index (κ1) is 18.9. The molecule has 1 aliphatic heterocycles. The van der Waals surface area contributed by atoms with Crippen molar-refractivity contribution in [1.82, 2.24) is 4.90 Å². The van der Waals surface area contributed by atoms with Crippen LogP contribution in [0.25, 0.3) is 0 Å². The molecule has 1 amide bonds. The number of ether oxygens (including phenoxy) is 1. The lowest BCUT2D eigenvalue weighted by Crippen LogP contribution is -2.47. The number of likely N-dealkylation sites (tertiary alicyclic amines) is 1. The summed E-state index contributed by atoms with van der Waals surface area (Å²) in [6, 6.07) is 5.39. The lowest BCUT2D eigenvalue weighted by Gasteiger charge is -2.35. The van der Waals surface area contributed by atoms with E-state index in [0.717, 1.165) is 0 Å². The molecule has 2 rings (SSSR count). The number of hydrogen-bond donors (Lipinski definition) is 1. The van der Waals surface area contributed by atoms with Crippen molar-refractivity contribution >= 4 is 17.6 Å². The maximum Gasteiger partial charge on any atom is 0.410 e. The third-order valence-electron chi connectivity index (χ3n) is 3.94. The van der Waals surface area contributed by atoms with Crippen LogP contribution < -0.4 is 0 Å². The van der Waals surface area contributed by atoms with Crippen molar-refractivity contribution < 1.29 is 24.4 Å². The number of nitro benzene ring substituents is 1. The van der Waals surface area contributed by atoms with Crippen molar-refractivity contribution in [2.75, 3.05) is 13.1 Å². The summed E-state index contributed by atoms with van der Waals surface area (Å²) in [6.07, 6.45) is -1.53. The van der Waals surface area contributed by atoms with Gasteiger partial charge in [-0.05, 0) is 38.5 Å². The van der Waals surface area contributed by atoms with Gasteiger partial charge in [0.15, 0.2) is 0 Å². The van der Waals surface area contributed by atoms with E-state index in [-0.39, 0.29) is 31.0 Å². The number of carbonyl (C=O) groups is 2. The van der Waals surface area contributed by atoms with Gasteiger partial charge in [-0.25, -0.2) is 4.79 Å². The number of piperidine rings is 1. The topological polar surface area (TPSA) is 110 Å². The fourth-order valence-corrected chi connectivity index (χ4v) is 2.65. The van der Waals surface area contributed by atoms with Crippen LogP contribution in [0.5, 0.6) is 0 Å². The Morgan fingerprint density at radius 2 is 1.96 bits per heavy atom. The van der Waals surface area contributed by atoms with Gasteiger partial charge in [0.05, 0.1) is 16.9 Å². The van der Waals surface area contributed by atoms with Crippen LogP contribution in [0, 0.1) is 16.0 Å². The smallest absolute Gasteiger partial charge is 0.410 e. The summed E-state index contributed by atoms with van der Waals surface area (Å²) < 4.78 is 5.31. The van der Waals surface area contributed by atoms with Gasteiger partial charge in [-0.3, -0.25) is 14.9 Å². The molecule has 0 aliphatic carbocycles. The molecule has 8 heteroatoms. The van der Waals surface area contributed by atoms with Gasteiger partial charge in [0.2, 0.25) is 0 Å². The second kappa shape index (κ2) is 7.18. The normalized spacial score (nSPS) is 19.4. The lowest BCUT2D eigenvalue weighted by molar-refractivity contribution is -0.384. The number of non-ortho nitro benzene ring substituents is 1. The fraction of sp³-hybridized carbons (Fsp3) is 0.529. The first-order valence-electron chi connectivity index (χ1n) is 8.01. The molecular formula is C17H22N2O6. The van der Waals surface area contributed by atoms with Gasteiger partial charge in [0, 0.05) is 31.6 Å². The van der Waals surface area contributed by atoms with Crippen LogP contribution in [-0.2, 0) is 9.53 Å². The highest BCUT2D eigenvalue weighted by Crippen LogP contribution is 2.29. The SMILES string of the molecule is CC(C)(C)OC(=O)N1CCC(=O)[C@@H]([C@H](O)c2ccc([N+](=O)[O-])cc2)C1. The summed E-state index contributed by atoms with van der Waals surface area (Å²) in [5.74, 6) is -0.937. The fourth-order valence-electron chi connectivity index (χ4n) is 2.65. The Morgan fingerprint density at radius 1 is 1.36 bits per heavy atom. The van der Waals surface area contributed by atoms with E-state index in [1.54, 1.807) is 20.8 Å². The minimum atomic E-state index is -1.14. The molecule has 2 atom stereocenters. The summed E-state index contributed by atoms with van der Waals surface area (Å²) in [6.45, 7) is 5.55. The summed E-state index contributed by atoms with van der Waals surface area (Å²) in [4.78, 5) is 35.9. The van der Waals surface area contributed by atoms with E-state index >= 15 is 0 Å². The molecule has 8 nitrogen and oxygen atoms in total. The molecule has 0 saturated carbocycles. The maximum atomic E-state index is 12.2. The first-order valence-corrected chi connectivity index (χ1v) is 8.01. The average Bonchev–Trinajstić information content (AvgIpc) is 2.53. The minimum absolute atomic E-state index is 0.0475. The van der Waals surface area contributed by atoms with Crippen LogP contribution >= 0.6 is 0 Å². The van der Waals surface area contributed by atoms with Crippen LogP contribution in [0.3, 0.4) is 0 Å². The van der Waals surface area contributed by atoms with E-state index < -0.39 is 28.6 Å². The number of aliphatic hydroxyl groups is 1. The average molecular weight is 350 g/mol. The van der Waals surface area contributed by atoms with Crippen LogP contribution in [0.2, 0.25) is 0 Å². The summed E-state index contributed by atoms with van der Waals surface area (Å²) in [5.41, 5.74) is -0.346. The zero-order chi connectivity index (χ0) is 18.8. The predicted molar refractivity (Wildman–Crippen MR) is 89.0 cm³/mol. The van der Waals surface area contributed by atoms with Crippen molar-refractivity contribution in [2.24, 2.45) is 5.92 Å². The monoisotopic (exact) mass is 350 g/mol. The number of rotatable bonds is 3. The second-order valence-corrected chi connectivity index (χ2v) is 7.04. The van der Waals surface area contributed by atoms with Crippen LogP contribution in [0.15, 0.2) is 24.3 Å². The van der Waals surface area contributed by atoms with E-state index in [2.05, 4.69) is 0 Å². The molecule has 1 heterocycles. The number of aliphatic hydroxyl groups excluding tert-OH is 1. The molecule has 0 radical (unpaired) electrons. The Morgan fingerprint density at radius 3 is 2.48 bits per heavy atom. The second-order valence-electron chi connectivity index (χ2n) is 7.04. The third-order valence-corrected chi connectivity index (χ3v) is 3.94. The highest BCUT2D eigenvalue weighted by Gasteiger charge is 2.36. The zero-order valence-corrected chi connectivity index (χ0v) is 14.5. The molecule has 0 aromatic heterocycles. The number of carbonyl (C=O) groups excluding carboxylic acids is 2. The Labute approximate surface area is 145 Å². The van der Waals surface area contributed by atoms with Crippen molar-refractivity contribution in [3.05, 3.63) is 39.9 Å². The quantitative estimate of drug-likeness (QED) is 0.662. The molecule has 1 fully saturated rings. The zero-order valence-electron chi connectivity index (χ0n) is 14.5. The number of Topliss-reactive ketones (excluding diaryl/α,β-unsaturated/α-hetero) is 1. The van der Waals surface area contributed by atoms with Gasteiger partial charge in [-0.1, -0.05) is 0 Å². The molecule has 1 saturated heterocycles. The van der Waals surface area contributed by atoms with Crippen molar-refractivity contribution in [1.29, 1.82) is 0 Å². The molecule has 0 unspecified atom stereocenters. The molecule has 1 aliphatic rings. The molecule has 136 valence electrons. The largest absolute Gasteiger partial charge is 0.444 e. The molecule has 25 heavy (non-hydrogen) atoms. The van der Waals surface area contributed by atoms with Crippen LogP contribution in [-0.4, -0.2) is 45.5 Å². The molecule has 0 spiro atoms. The third kappa shape index (κ3) is 4.76. The maximum absolute atomic E-state index is 12.2.